The molecular weight excluding hydrogens is 343 g/mol. The van der Waals surface area contributed by atoms with Gasteiger partial charge in [-0.1, -0.05) is 6.07 Å². The first-order valence-electron chi connectivity index (χ1n) is 6.74. The molecule has 1 heterocycles. The molecule has 4 nitrogen and oxygen atoms in total. The predicted octanol–water partition coefficient (Wildman–Crippen LogP) is 4.61. The fraction of sp³-hybridized carbons (Fsp3) is 0.125. The summed E-state index contributed by atoms with van der Waals surface area (Å²) in [5.41, 5.74) is -0.478. The van der Waals surface area contributed by atoms with E-state index in [-0.39, 0.29) is 27.6 Å². The molecule has 1 aromatic heterocycles. The van der Waals surface area contributed by atoms with Crippen molar-refractivity contribution >= 4 is 27.5 Å². The standard InChI is InChI=1S/C16H10F3NO3S/c1-8(21)23-12-4-2-3-11(22)14(12)15-20-10-7-9(16(17,18)19)5-6-13(10)24-15/h2-7,22H,1H3. The lowest BCUT2D eigenvalue weighted by Gasteiger charge is -2.08. The van der Waals surface area contributed by atoms with Crippen LogP contribution >= 0.6 is 11.3 Å². The number of halogens is 3. The summed E-state index contributed by atoms with van der Waals surface area (Å²) in [6.45, 7) is 1.21. The SMILES string of the molecule is CC(=O)Oc1cccc(O)c1-c1nc2cc(C(F)(F)F)ccc2s1. The van der Waals surface area contributed by atoms with E-state index in [2.05, 4.69) is 4.98 Å². The molecule has 0 spiro atoms. The van der Waals surface area contributed by atoms with Crippen LogP contribution in [0.5, 0.6) is 11.5 Å². The summed E-state index contributed by atoms with van der Waals surface area (Å²) in [4.78, 5) is 15.3. The fourth-order valence-electron chi connectivity index (χ4n) is 2.19. The molecule has 0 atom stereocenters. The van der Waals surface area contributed by atoms with E-state index in [1.165, 1.54) is 31.2 Å². The Hall–Kier alpha value is -2.61. The van der Waals surface area contributed by atoms with E-state index in [1.807, 2.05) is 0 Å². The van der Waals surface area contributed by atoms with Gasteiger partial charge in [-0.2, -0.15) is 13.2 Å². The summed E-state index contributed by atoms with van der Waals surface area (Å²) in [6, 6.07) is 7.60. The molecule has 0 radical (unpaired) electrons. The van der Waals surface area contributed by atoms with Crippen molar-refractivity contribution in [3.05, 3.63) is 42.0 Å². The number of carbonyl (C=O) groups excluding carboxylic acids is 1. The molecule has 1 N–H and O–H groups in total. The number of fused-ring (bicyclic) bond motifs is 1. The van der Waals surface area contributed by atoms with Gasteiger partial charge in [-0.15, -0.1) is 11.3 Å². The van der Waals surface area contributed by atoms with Gasteiger partial charge in [0.25, 0.3) is 0 Å². The lowest BCUT2D eigenvalue weighted by Crippen LogP contribution is -2.04. The number of esters is 1. The van der Waals surface area contributed by atoms with Crippen LogP contribution in [0.15, 0.2) is 36.4 Å². The maximum absolute atomic E-state index is 12.8. The minimum Gasteiger partial charge on any atom is -0.507 e. The second kappa shape index (κ2) is 5.79. The average molecular weight is 353 g/mol. The number of aromatic hydroxyl groups is 1. The largest absolute Gasteiger partial charge is 0.507 e. The van der Waals surface area contributed by atoms with E-state index in [0.717, 1.165) is 23.5 Å². The van der Waals surface area contributed by atoms with Crippen molar-refractivity contribution in [3.8, 4) is 22.1 Å². The van der Waals surface area contributed by atoms with E-state index in [9.17, 15) is 23.1 Å². The van der Waals surface area contributed by atoms with Gasteiger partial charge in [0.05, 0.1) is 21.3 Å². The van der Waals surface area contributed by atoms with Crippen molar-refractivity contribution < 1.29 is 27.8 Å². The molecule has 0 saturated carbocycles. The van der Waals surface area contributed by atoms with E-state index in [0.29, 0.717) is 4.70 Å². The smallest absolute Gasteiger partial charge is 0.416 e. The van der Waals surface area contributed by atoms with Gasteiger partial charge in [0.1, 0.15) is 16.5 Å². The van der Waals surface area contributed by atoms with E-state index in [4.69, 9.17) is 4.74 Å². The van der Waals surface area contributed by atoms with Crippen LogP contribution in [-0.4, -0.2) is 16.1 Å². The zero-order valence-electron chi connectivity index (χ0n) is 12.2. The quantitative estimate of drug-likeness (QED) is 0.540. The highest BCUT2D eigenvalue weighted by Gasteiger charge is 2.31. The Balaban J connectivity index is 2.15. The van der Waals surface area contributed by atoms with Gasteiger partial charge in [-0.05, 0) is 30.3 Å². The molecule has 8 heteroatoms. The Morgan fingerprint density at radius 3 is 2.67 bits per heavy atom. The zero-order valence-corrected chi connectivity index (χ0v) is 13.0. The van der Waals surface area contributed by atoms with Gasteiger partial charge in [-0.3, -0.25) is 4.79 Å². The minimum atomic E-state index is -4.46. The van der Waals surface area contributed by atoms with Crippen molar-refractivity contribution in [2.45, 2.75) is 13.1 Å². The highest BCUT2D eigenvalue weighted by molar-refractivity contribution is 7.21. The van der Waals surface area contributed by atoms with Crippen molar-refractivity contribution in [1.82, 2.24) is 4.98 Å². The molecule has 0 bridgehead atoms. The molecule has 0 aliphatic rings. The Morgan fingerprint density at radius 2 is 2.00 bits per heavy atom. The van der Waals surface area contributed by atoms with Crippen molar-refractivity contribution in [1.29, 1.82) is 0 Å². The van der Waals surface area contributed by atoms with E-state index in [1.54, 1.807) is 0 Å². The van der Waals surface area contributed by atoms with Crippen LogP contribution in [0.2, 0.25) is 0 Å². The van der Waals surface area contributed by atoms with E-state index >= 15 is 0 Å². The Morgan fingerprint density at radius 1 is 1.25 bits per heavy atom. The van der Waals surface area contributed by atoms with Crippen molar-refractivity contribution in [3.63, 3.8) is 0 Å². The van der Waals surface area contributed by atoms with Gasteiger partial charge >= 0.3 is 12.1 Å². The predicted molar refractivity (Wildman–Crippen MR) is 83.0 cm³/mol. The number of phenols is 1. The lowest BCUT2D eigenvalue weighted by atomic mass is 10.2. The van der Waals surface area contributed by atoms with Gasteiger partial charge in [0.2, 0.25) is 0 Å². The molecule has 0 aliphatic heterocycles. The third-order valence-electron chi connectivity index (χ3n) is 3.19. The van der Waals surface area contributed by atoms with Gasteiger partial charge in [0, 0.05) is 6.92 Å². The number of nitrogens with zero attached hydrogens (tertiary/aromatic N) is 1. The van der Waals surface area contributed by atoms with Gasteiger partial charge < -0.3 is 9.84 Å². The highest BCUT2D eigenvalue weighted by Crippen LogP contribution is 2.42. The second-order valence-electron chi connectivity index (χ2n) is 4.94. The molecule has 0 unspecified atom stereocenters. The maximum atomic E-state index is 12.8. The summed E-state index contributed by atoms with van der Waals surface area (Å²) in [6.07, 6.45) is -4.46. The first-order chi connectivity index (χ1) is 11.3. The van der Waals surface area contributed by atoms with Crippen LogP contribution in [0.3, 0.4) is 0 Å². The molecule has 0 aliphatic carbocycles. The third kappa shape index (κ3) is 3.05. The topological polar surface area (TPSA) is 59.4 Å². The normalized spacial score (nSPS) is 11.7. The van der Waals surface area contributed by atoms with Crippen LogP contribution in [0.25, 0.3) is 20.8 Å². The number of alkyl halides is 3. The number of ether oxygens (including phenoxy) is 1. The molecular formula is C16H10F3NO3S. The maximum Gasteiger partial charge on any atom is 0.416 e. The number of hydrogen-bond acceptors (Lipinski definition) is 5. The molecule has 2 aromatic carbocycles. The van der Waals surface area contributed by atoms with Crippen LogP contribution < -0.4 is 4.74 Å². The van der Waals surface area contributed by atoms with Crippen LogP contribution in [0, 0.1) is 0 Å². The van der Waals surface area contributed by atoms with Crippen LogP contribution in [0.4, 0.5) is 13.2 Å². The number of carbonyl (C=O) groups is 1. The summed E-state index contributed by atoms with van der Waals surface area (Å²) in [5, 5.41) is 10.3. The summed E-state index contributed by atoms with van der Waals surface area (Å²) < 4.78 is 44.0. The number of thiazole rings is 1. The van der Waals surface area contributed by atoms with E-state index < -0.39 is 17.7 Å². The third-order valence-corrected chi connectivity index (χ3v) is 4.24. The molecule has 24 heavy (non-hydrogen) atoms. The first-order valence-corrected chi connectivity index (χ1v) is 7.56. The monoisotopic (exact) mass is 353 g/mol. The van der Waals surface area contributed by atoms with Gasteiger partial charge in [0.15, 0.2) is 0 Å². The number of aromatic nitrogens is 1. The second-order valence-corrected chi connectivity index (χ2v) is 5.97. The molecule has 124 valence electrons. The number of rotatable bonds is 2. The minimum absolute atomic E-state index is 0.0950. The fourth-order valence-corrected chi connectivity index (χ4v) is 3.19. The molecule has 0 amide bonds. The van der Waals surface area contributed by atoms with Crippen LogP contribution in [-0.2, 0) is 11.0 Å². The average Bonchev–Trinajstić information content (AvgIpc) is 2.88. The molecule has 0 fully saturated rings. The Bertz CT molecular complexity index is 934. The highest BCUT2D eigenvalue weighted by atomic mass is 32.1. The van der Waals surface area contributed by atoms with Crippen molar-refractivity contribution in [2.75, 3.05) is 0 Å². The van der Waals surface area contributed by atoms with Gasteiger partial charge in [-0.25, -0.2) is 4.98 Å². The molecule has 3 rings (SSSR count). The number of phenolic OH excluding ortho intramolecular Hbond substituents is 1. The summed E-state index contributed by atoms with van der Waals surface area (Å²) in [5.74, 6) is -0.663. The Kier molecular flexibility index (Phi) is 3.92. The zero-order chi connectivity index (χ0) is 17.5. The molecule has 0 saturated heterocycles. The summed E-state index contributed by atoms with van der Waals surface area (Å²) in [7, 11) is 0. The number of benzene rings is 2. The first kappa shape index (κ1) is 16.3. The van der Waals surface area contributed by atoms with Crippen LogP contribution in [0.1, 0.15) is 12.5 Å². The lowest BCUT2D eigenvalue weighted by molar-refractivity contribution is -0.137. The Labute approximate surface area is 138 Å². The molecule has 3 aromatic rings. The van der Waals surface area contributed by atoms with Crippen molar-refractivity contribution in [2.24, 2.45) is 0 Å². The number of hydrogen-bond donors (Lipinski definition) is 1. The summed E-state index contributed by atoms with van der Waals surface area (Å²) >= 11 is 1.10.